The van der Waals surface area contributed by atoms with E-state index >= 15 is 0 Å². The summed E-state index contributed by atoms with van der Waals surface area (Å²) < 4.78 is 53.4. The van der Waals surface area contributed by atoms with Crippen LogP contribution in [0.25, 0.3) is 55.4 Å². The van der Waals surface area contributed by atoms with Gasteiger partial charge in [0.2, 0.25) is 5.71 Å². The van der Waals surface area contributed by atoms with Gasteiger partial charge in [-0.25, -0.2) is 4.98 Å². The number of furan rings is 1. The lowest BCUT2D eigenvalue weighted by molar-refractivity contribution is 0.653. The first-order valence-electron chi connectivity index (χ1n) is 12.8. The molecule has 4 nitrogen and oxygen atoms in total. The normalized spacial score (nSPS) is 15.2. The number of aryl methyl sites for hydroxylation is 2. The third-order valence-corrected chi connectivity index (χ3v) is 5.47. The van der Waals surface area contributed by atoms with Crippen molar-refractivity contribution in [2.24, 2.45) is 0 Å². The molecule has 2 aromatic carbocycles. The summed E-state index contributed by atoms with van der Waals surface area (Å²) in [5.74, 6) is 0. The summed E-state index contributed by atoms with van der Waals surface area (Å²) in [7, 11) is 0. The van der Waals surface area contributed by atoms with Gasteiger partial charge in [-0.3, -0.25) is 9.97 Å². The van der Waals surface area contributed by atoms with Gasteiger partial charge in [0.05, 0.1) is 11.2 Å². The Hall–Kier alpha value is -4.05. The molecule has 0 amide bonds. The molecule has 31 heavy (non-hydrogen) atoms. The molecule has 4 heterocycles. The Morgan fingerprint density at radius 3 is 2.71 bits per heavy atom. The van der Waals surface area contributed by atoms with Gasteiger partial charge in [0.1, 0.15) is 5.58 Å². The molecule has 0 N–H and O–H groups in total. The number of nitrogens with zero attached hydrogens (tertiary/aromatic N) is 3. The molecule has 0 aliphatic heterocycles. The maximum atomic E-state index is 8.12. The van der Waals surface area contributed by atoms with Gasteiger partial charge in [0, 0.05) is 48.0 Å². The van der Waals surface area contributed by atoms with Gasteiger partial charge >= 0.3 is 0 Å². The van der Waals surface area contributed by atoms with E-state index in [9.17, 15) is 0 Å². The van der Waals surface area contributed by atoms with Gasteiger partial charge in [-0.2, -0.15) is 0 Å². The summed E-state index contributed by atoms with van der Waals surface area (Å²) in [6, 6.07) is 19.4. The molecule has 6 aromatic rings. The second-order valence-corrected chi connectivity index (χ2v) is 7.32. The molecule has 6 rings (SSSR count). The summed E-state index contributed by atoms with van der Waals surface area (Å²) in [4.78, 5) is 13.2. The van der Waals surface area contributed by atoms with Crippen molar-refractivity contribution in [3.05, 3.63) is 90.4 Å². The van der Waals surface area contributed by atoms with Crippen molar-refractivity contribution in [1.82, 2.24) is 15.0 Å². The molecule has 0 aliphatic carbocycles. The Kier molecular flexibility index (Phi) is 2.74. The largest absolute Gasteiger partial charge is 0.437 e. The topological polar surface area (TPSA) is 51.8 Å². The van der Waals surface area contributed by atoms with Crippen LogP contribution in [0.3, 0.4) is 0 Å². The van der Waals surface area contributed by atoms with E-state index in [4.69, 9.17) is 12.6 Å². The maximum Gasteiger partial charge on any atom is 0.227 e. The van der Waals surface area contributed by atoms with Gasteiger partial charge in [0.15, 0.2) is 0 Å². The summed E-state index contributed by atoms with van der Waals surface area (Å²) >= 11 is 0. The highest BCUT2D eigenvalue weighted by atomic mass is 16.3. The van der Waals surface area contributed by atoms with Crippen LogP contribution >= 0.6 is 0 Å². The van der Waals surface area contributed by atoms with Gasteiger partial charge in [0.25, 0.3) is 0 Å². The summed E-state index contributed by atoms with van der Waals surface area (Å²) in [5, 5.41) is 2.21. The first-order valence-corrected chi connectivity index (χ1v) is 9.79. The summed E-state index contributed by atoms with van der Waals surface area (Å²) in [6.45, 7) is -4.67. The molecule has 0 fully saturated rings. The molecule has 0 bridgehead atoms. The quantitative estimate of drug-likeness (QED) is 0.314. The molecule has 0 atom stereocenters. The average molecular weight is 408 g/mol. The van der Waals surface area contributed by atoms with Crippen molar-refractivity contribution in [2.45, 2.75) is 13.7 Å². The van der Waals surface area contributed by atoms with Crippen molar-refractivity contribution in [1.29, 1.82) is 0 Å². The maximum absolute atomic E-state index is 8.12. The van der Waals surface area contributed by atoms with Gasteiger partial charge < -0.3 is 4.42 Å². The lowest BCUT2D eigenvalue weighted by atomic mass is 9.95. The van der Waals surface area contributed by atoms with E-state index in [1.165, 1.54) is 6.07 Å². The standard InChI is InChI=1S/C27H19N3O/c1-16-8-11-23-21(7-4-13-28-23)25(16)18-12-14-29-24(15-18)22-6-3-5-19-20-10-9-17(2)30-27(20)31-26(19)22/h3-15H,1-2H3/i1D3,2D3. The van der Waals surface area contributed by atoms with Gasteiger partial charge in [-0.05, 0) is 72.9 Å². The number of hydrogen-bond donors (Lipinski definition) is 0. The summed E-state index contributed by atoms with van der Waals surface area (Å²) in [6.07, 6.45) is 3.31. The smallest absolute Gasteiger partial charge is 0.227 e. The molecule has 148 valence electrons. The fourth-order valence-corrected chi connectivity index (χ4v) is 4.08. The first-order chi connectivity index (χ1) is 17.6. The Labute approximate surface area is 187 Å². The van der Waals surface area contributed by atoms with E-state index in [0.29, 0.717) is 38.9 Å². The fourth-order valence-electron chi connectivity index (χ4n) is 4.08. The summed E-state index contributed by atoms with van der Waals surface area (Å²) in [5.41, 5.74) is 4.17. The SMILES string of the molecule is [2H]C([2H])([2H])c1ccc2c(n1)oc1c(-c3cc(-c4c(C([2H])([2H])[2H])ccc5ncccc45)ccn3)cccc12. The van der Waals surface area contributed by atoms with Crippen molar-refractivity contribution >= 4 is 33.0 Å². The number of para-hydroxylation sites is 1. The molecular formula is C27H19N3O. The highest BCUT2D eigenvalue weighted by Crippen LogP contribution is 2.37. The molecule has 0 saturated heterocycles. The predicted molar refractivity (Wildman–Crippen MR) is 125 cm³/mol. The zero-order valence-electron chi connectivity index (χ0n) is 22.3. The minimum atomic E-state index is -2.35. The van der Waals surface area contributed by atoms with Crippen LogP contribution in [0.1, 0.15) is 19.5 Å². The van der Waals surface area contributed by atoms with E-state index in [2.05, 4.69) is 15.0 Å². The van der Waals surface area contributed by atoms with Crippen molar-refractivity contribution in [3.63, 3.8) is 0 Å². The van der Waals surface area contributed by atoms with Crippen LogP contribution in [0, 0.1) is 13.7 Å². The van der Waals surface area contributed by atoms with Crippen molar-refractivity contribution < 1.29 is 12.6 Å². The molecule has 0 unspecified atom stereocenters. The number of hydrogen-bond acceptors (Lipinski definition) is 4. The predicted octanol–water partition coefficient (Wildman–Crippen LogP) is 6.88. The third-order valence-electron chi connectivity index (χ3n) is 5.47. The fraction of sp³-hybridized carbons (Fsp3) is 0.0741. The van der Waals surface area contributed by atoms with E-state index in [0.717, 1.165) is 10.8 Å². The molecular weight excluding hydrogens is 382 g/mol. The number of pyridine rings is 3. The van der Waals surface area contributed by atoms with Crippen LogP contribution in [-0.4, -0.2) is 15.0 Å². The molecule has 0 aliphatic rings. The second-order valence-electron chi connectivity index (χ2n) is 7.32. The zero-order chi connectivity index (χ0) is 25.9. The van der Waals surface area contributed by atoms with E-state index in [1.54, 1.807) is 42.7 Å². The molecule has 0 radical (unpaired) electrons. The number of aromatic nitrogens is 3. The van der Waals surface area contributed by atoms with Gasteiger partial charge in [-0.15, -0.1) is 0 Å². The van der Waals surface area contributed by atoms with Crippen LogP contribution in [-0.2, 0) is 0 Å². The van der Waals surface area contributed by atoms with E-state index in [1.807, 2.05) is 30.3 Å². The third kappa shape index (κ3) is 2.80. The number of benzene rings is 2. The van der Waals surface area contributed by atoms with Crippen LogP contribution in [0.2, 0.25) is 0 Å². The molecule has 4 aromatic heterocycles. The number of rotatable bonds is 2. The number of fused-ring (bicyclic) bond motifs is 4. The van der Waals surface area contributed by atoms with Crippen LogP contribution < -0.4 is 0 Å². The molecule has 0 spiro atoms. The Bertz CT molecular complexity index is 1820. The minimum Gasteiger partial charge on any atom is -0.437 e. The Morgan fingerprint density at radius 2 is 1.77 bits per heavy atom. The Morgan fingerprint density at radius 1 is 0.806 bits per heavy atom. The van der Waals surface area contributed by atoms with Crippen LogP contribution in [0.15, 0.2) is 83.5 Å². The highest BCUT2D eigenvalue weighted by molar-refractivity contribution is 6.08. The molecule has 0 saturated carbocycles. The lowest BCUT2D eigenvalue weighted by Gasteiger charge is -2.11. The van der Waals surface area contributed by atoms with Crippen LogP contribution in [0.5, 0.6) is 0 Å². The zero-order valence-corrected chi connectivity index (χ0v) is 16.3. The first kappa shape index (κ1) is 12.6. The van der Waals surface area contributed by atoms with Gasteiger partial charge in [-0.1, -0.05) is 24.3 Å². The van der Waals surface area contributed by atoms with E-state index in [-0.39, 0.29) is 17.0 Å². The molecule has 4 heteroatoms. The second kappa shape index (κ2) is 6.74. The van der Waals surface area contributed by atoms with E-state index < -0.39 is 13.7 Å². The minimum absolute atomic E-state index is 0.0394. The van der Waals surface area contributed by atoms with Crippen molar-refractivity contribution in [2.75, 3.05) is 0 Å². The lowest BCUT2D eigenvalue weighted by Crippen LogP contribution is -1.90. The Balaban J connectivity index is 1.57. The highest BCUT2D eigenvalue weighted by Gasteiger charge is 2.15. The average Bonchev–Trinajstić information content (AvgIpc) is 3.25. The van der Waals surface area contributed by atoms with Crippen molar-refractivity contribution in [3.8, 4) is 22.4 Å². The van der Waals surface area contributed by atoms with Crippen LogP contribution in [0.4, 0.5) is 0 Å². The monoisotopic (exact) mass is 407 g/mol.